The van der Waals surface area contributed by atoms with Gasteiger partial charge >= 0.3 is 6.18 Å². The van der Waals surface area contributed by atoms with E-state index in [0.29, 0.717) is 0 Å². The number of hydrogen-bond donors (Lipinski definition) is 1. The van der Waals surface area contributed by atoms with Gasteiger partial charge in [0.05, 0.1) is 0 Å². The topological polar surface area (TPSA) is 24.4 Å². The Morgan fingerprint density at radius 3 is 2.62 bits per heavy atom. The fourth-order valence-electron chi connectivity index (χ4n) is 1.32. The number of hydrogen-bond acceptors (Lipinski definition) is 2. The number of allylic oxidation sites excluding steroid dienone is 2. The molecule has 0 aromatic heterocycles. The van der Waals surface area contributed by atoms with E-state index in [0.717, 1.165) is 23.3 Å². The Hall–Kier alpha value is -1.39. The number of nitrogens with zero attached hydrogens (tertiary/aromatic N) is 1. The van der Waals surface area contributed by atoms with Gasteiger partial charge in [-0.2, -0.15) is 13.2 Å². The summed E-state index contributed by atoms with van der Waals surface area (Å²) in [4.78, 5) is 3.89. The lowest BCUT2D eigenvalue weighted by atomic mass is 10.1. The molecule has 1 N–H and O–H groups in total. The largest absolute Gasteiger partial charge is 0.413 e. The number of benzene rings is 1. The van der Waals surface area contributed by atoms with Crippen molar-refractivity contribution < 1.29 is 13.2 Å². The van der Waals surface area contributed by atoms with E-state index in [1.807, 2.05) is 12.1 Å². The average molecular weight is 377 g/mol. The van der Waals surface area contributed by atoms with Gasteiger partial charge in [0, 0.05) is 27.5 Å². The van der Waals surface area contributed by atoms with Gasteiger partial charge in [0.25, 0.3) is 0 Å². The van der Waals surface area contributed by atoms with Gasteiger partial charge in [-0.05, 0) is 30.9 Å². The lowest BCUT2D eigenvalue weighted by Crippen LogP contribution is -2.12. The molecule has 0 saturated carbocycles. The Bertz CT molecular complexity index is 606. The quantitative estimate of drug-likeness (QED) is 0.552. The van der Waals surface area contributed by atoms with Crippen LogP contribution in [-0.4, -0.2) is 18.2 Å². The maximum Gasteiger partial charge on any atom is 0.413 e. The standard InChI is InChI=1S/C14H13BrF3N2P/c1-9(14(16,17)18)11(8-21)7-19-10(2)20-13-5-3-4-12(15)6-13/h3-8,20-21H,2H2,1H3/b11-9-,19-7-. The molecule has 0 unspecified atom stereocenters. The molecular weight excluding hydrogens is 364 g/mol. The maximum atomic E-state index is 12.6. The Morgan fingerprint density at radius 1 is 1.43 bits per heavy atom. The minimum atomic E-state index is -4.40. The molecule has 112 valence electrons. The molecule has 2 nitrogen and oxygen atoms in total. The van der Waals surface area contributed by atoms with Crippen LogP contribution in [0.4, 0.5) is 18.9 Å². The van der Waals surface area contributed by atoms with Crippen molar-refractivity contribution in [2.75, 3.05) is 5.32 Å². The normalized spacial score (nSPS) is 13.0. The van der Waals surface area contributed by atoms with Crippen molar-refractivity contribution in [2.24, 2.45) is 4.99 Å². The molecular formula is C14H13BrF3N2P. The van der Waals surface area contributed by atoms with Gasteiger partial charge in [0.1, 0.15) is 5.82 Å². The summed E-state index contributed by atoms with van der Waals surface area (Å²) in [6.45, 7) is 4.64. The smallest absolute Gasteiger partial charge is 0.341 e. The number of nitrogens with one attached hydrogen (secondary N) is 1. The fourth-order valence-corrected chi connectivity index (χ4v) is 2.01. The number of alkyl halides is 3. The van der Waals surface area contributed by atoms with Gasteiger partial charge in [0.2, 0.25) is 0 Å². The van der Waals surface area contributed by atoms with E-state index in [1.165, 1.54) is 5.80 Å². The molecule has 0 fully saturated rings. The Labute approximate surface area is 131 Å². The molecule has 0 atom stereocenters. The van der Waals surface area contributed by atoms with Gasteiger partial charge in [-0.1, -0.05) is 28.6 Å². The van der Waals surface area contributed by atoms with Gasteiger partial charge in [-0.15, -0.1) is 8.86 Å². The van der Waals surface area contributed by atoms with Crippen molar-refractivity contribution >= 4 is 42.5 Å². The van der Waals surface area contributed by atoms with Gasteiger partial charge in [-0.25, -0.2) is 4.99 Å². The van der Waals surface area contributed by atoms with E-state index in [1.54, 1.807) is 12.1 Å². The van der Waals surface area contributed by atoms with Crippen LogP contribution in [0.15, 0.2) is 57.3 Å². The highest BCUT2D eigenvalue weighted by Gasteiger charge is 2.31. The first-order valence-electron chi connectivity index (χ1n) is 5.78. The summed E-state index contributed by atoms with van der Waals surface area (Å²) in [6.07, 6.45) is -3.30. The van der Waals surface area contributed by atoms with Gasteiger partial charge in [-0.3, -0.25) is 0 Å². The zero-order valence-corrected chi connectivity index (χ0v) is 13.7. The summed E-state index contributed by atoms with van der Waals surface area (Å²) in [7, 11) is 2.96. The third-order valence-corrected chi connectivity index (χ3v) is 3.29. The molecule has 0 spiro atoms. The van der Waals surface area contributed by atoms with Gasteiger partial charge in [0.15, 0.2) is 0 Å². The molecule has 0 amide bonds. The van der Waals surface area contributed by atoms with Crippen LogP contribution in [0.2, 0.25) is 0 Å². The third-order valence-electron chi connectivity index (χ3n) is 2.49. The molecule has 0 saturated heterocycles. The summed E-state index contributed by atoms with van der Waals surface area (Å²) < 4.78 is 38.7. The molecule has 0 aliphatic rings. The van der Waals surface area contributed by atoms with Crippen molar-refractivity contribution in [1.29, 1.82) is 0 Å². The highest BCUT2D eigenvalue weighted by atomic mass is 79.9. The second-order valence-electron chi connectivity index (χ2n) is 4.06. The second-order valence-corrected chi connectivity index (χ2v) is 5.27. The molecule has 0 bridgehead atoms. The predicted octanol–water partition coefficient (Wildman–Crippen LogP) is 5.23. The lowest BCUT2D eigenvalue weighted by Gasteiger charge is -2.09. The highest BCUT2D eigenvalue weighted by Crippen LogP contribution is 2.27. The van der Waals surface area contributed by atoms with Gasteiger partial charge < -0.3 is 5.32 Å². The molecule has 21 heavy (non-hydrogen) atoms. The number of rotatable bonds is 5. The lowest BCUT2D eigenvalue weighted by molar-refractivity contribution is -0.0914. The Kier molecular flexibility index (Phi) is 6.37. The zero-order valence-electron chi connectivity index (χ0n) is 11.1. The molecule has 0 aliphatic carbocycles. The van der Waals surface area contributed by atoms with Crippen LogP contribution in [0, 0.1) is 0 Å². The SMILES string of the molecule is C=C(/N=C\C(C=P)=C(/C)C(F)(F)F)Nc1cccc(Br)c1. The predicted molar refractivity (Wildman–Crippen MR) is 88.5 cm³/mol. The zero-order chi connectivity index (χ0) is 16.0. The number of anilines is 1. The van der Waals surface area contributed by atoms with Crippen LogP contribution >= 0.6 is 24.8 Å². The van der Waals surface area contributed by atoms with Crippen molar-refractivity contribution in [1.82, 2.24) is 0 Å². The fraction of sp³-hybridized carbons (Fsp3) is 0.143. The first kappa shape index (κ1) is 17.7. The Morgan fingerprint density at radius 2 is 2.10 bits per heavy atom. The molecule has 0 aliphatic heterocycles. The van der Waals surface area contributed by atoms with Crippen LogP contribution in [0.5, 0.6) is 0 Å². The molecule has 1 rings (SSSR count). The van der Waals surface area contributed by atoms with Crippen molar-refractivity contribution in [3.8, 4) is 0 Å². The van der Waals surface area contributed by atoms with E-state index in [2.05, 4.69) is 41.7 Å². The highest BCUT2D eigenvalue weighted by molar-refractivity contribution is 9.10. The monoisotopic (exact) mass is 376 g/mol. The first-order chi connectivity index (χ1) is 9.74. The van der Waals surface area contributed by atoms with E-state index >= 15 is 0 Å². The minimum absolute atomic E-state index is 0.0728. The van der Waals surface area contributed by atoms with Crippen LogP contribution in [-0.2, 0) is 0 Å². The van der Waals surface area contributed by atoms with Crippen LogP contribution in [0.3, 0.4) is 0 Å². The third kappa shape index (κ3) is 5.86. The van der Waals surface area contributed by atoms with E-state index in [9.17, 15) is 13.2 Å². The molecule has 7 heteroatoms. The second kappa shape index (κ2) is 7.57. The van der Waals surface area contributed by atoms with E-state index in [-0.39, 0.29) is 11.4 Å². The summed E-state index contributed by atoms with van der Waals surface area (Å²) in [5.74, 6) is 1.40. The van der Waals surface area contributed by atoms with Crippen LogP contribution in [0.1, 0.15) is 6.92 Å². The number of aliphatic imine (C=N–C) groups is 1. The summed E-state index contributed by atoms with van der Waals surface area (Å²) >= 11 is 3.31. The number of halogens is 4. The maximum absolute atomic E-state index is 12.6. The van der Waals surface area contributed by atoms with Crippen molar-refractivity contribution in [3.63, 3.8) is 0 Å². The van der Waals surface area contributed by atoms with Crippen molar-refractivity contribution in [3.05, 3.63) is 52.3 Å². The molecule has 1 aromatic rings. The van der Waals surface area contributed by atoms with Crippen LogP contribution < -0.4 is 5.32 Å². The van der Waals surface area contributed by atoms with E-state index in [4.69, 9.17) is 0 Å². The first-order valence-corrected chi connectivity index (χ1v) is 7.15. The van der Waals surface area contributed by atoms with Crippen LogP contribution in [0.25, 0.3) is 0 Å². The summed E-state index contributed by atoms with van der Waals surface area (Å²) in [5.41, 5.74) is -0.0835. The van der Waals surface area contributed by atoms with E-state index < -0.39 is 11.7 Å². The molecule has 0 heterocycles. The van der Waals surface area contributed by atoms with Crippen molar-refractivity contribution in [2.45, 2.75) is 13.1 Å². The molecule has 0 radical (unpaired) electrons. The summed E-state index contributed by atoms with van der Waals surface area (Å²) in [5, 5.41) is 2.88. The summed E-state index contributed by atoms with van der Waals surface area (Å²) in [6, 6.07) is 7.26. The molecule has 1 aromatic carbocycles. The Balaban J connectivity index is 2.84. The average Bonchev–Trinajstić information content (AvgIpc) is 2.38. The minimum Gasteiger partial charge on any atom is -0.341 e.